The number of nitrogens with zero attached hydrogens (tertiary/aromatic N) is 4. The normalized spacial score (nSPS) is 11.0. The van der Waals surface area contributed by atoms with Crippen LogP contribution in [-0.2, 0) is 9.53 Å². The number of methoxy groups -OCH3 is 1. The number of pyridine rings is 1. The molecule has 0 spiro atoms. The van der Waals surface area contributed by atoms with E-state index in [1.165, 1.54) is 37.6 Å². The van der Waals surface area contributed by atoms with Crippen LogP contribution in [0.5, 0.6) is 11.6 Å². The van der Waals surface area contributed by atoms with Crippen LogP contribution in [0.1, 0.15) is 33.3 Å². The van der Waals surface area contributed by atoms with Gasteiger partial charge in [-0.1, -0.05) is 13.8 Å². The van der Waals surface area contributed by atoms with E-state index in [-0.39, 0.29) is 18.3 Å². The largest absolute Gasteiger partial charge is 0.484 e. The lowest BCUT2D eigenvalue weighted by atomic mass is 10.1. The summed E-state index contributed by atoms with van der Waals surface area (Å²) in [6, 6.07) is 9.88. The van der Waals surface area contributed by atoms with E-state index in [9.17, 15) is 14.0 Å². The van der Waals surface area contributed by atoms with Crippen molar-refractivity contribution in [2.24, 2.45) is 0 Å². The van der Waals surface area contributed by atoms with Crippen LogP contribution in [0.15, 0.2) is 48.8 Å². The van der Waals surface area contributed by atoms with Gasteiger partial charge in [-0.05, 0) is 64.9 Å². The number of hydrogen-bond acceptors (Lipinski definition) is 11. The summed E-state index contributed by atoms with van der Waals surface area (Å²) >= 11 is 3.22. The first kappa shape index (κ1) is 35.6. The maximum Gasteiger partial charge on any atom is 0.411 e. The molecule has 0 bridgehead atoms. The zero-order chi connectivity index (χ0) is 33.1. The molecule has 0 aliphatic rings. The molecule has 2 N–H and O–H groups in total. The molecule has 238 valence electrons. The number of fused-ring (bicyclic) bond motifs is 2. The molecule has 2 aromatic carbocycles. The van der Waals surface area contributed by atoms with Crippen LogP contribution in [0.25, 0.3) is 31.8 Å². The predicted molar refractivity (Wildman–Crippen MR) is 187 cm³/mol. The number of rotatable bonds is 8. The summed E-state index contributed by atoms with van der Waals surface area (Å²) in [5.74, 6) is -0.0662. The van der Waals surface area contributed by atoms with Gasteiger partial charge in [0.1, 0.15) is 23.5 Å². The highest BCUT2D eigenvalue weighted by Gasteiger charge is 2.18. The van der Waals surface area contributed by atoms with Gasteiger partial charge in [-0.2, -0.15) is 0 Å². The van der Waals surface area contributed by atoms with Crippen molar-refractivity contribution in [2.45, 2.75) is 40.7 Å². The molecule has 5 rings (SSSR count). The summed E-state index contributed by atoms with van der Waals surface area (Å²) in [7, 11) is 5.03. The van der Waals surface area contributed by atoms with Crippen LogP contribution in [0.4, 0.5) is 20.7 Å². The smallest absolute Gasteiger partial charge is 0.411 e. The lowest BCUT2D eigenvalue weighted by molar-refractivity contribution is -0.114. The summed E-state index contributed by atoms with van der Waals surface area (Å²) in [5.41, 5.74) is 3.95. The van der Waals surface area contributed by atoms with Crippen molar-refractivity contribution in [3.05, 3.63) is 60.2 Å². The van der Waals surface area contributed by atoms with Crippen molar-refractivity contribution < 1.29 is 28.2 Å². The minimum Gasteiger partial charge on any atom is -0.484 e. The number of ether oxygens (including phenoxy) is 3. The van der Waals surface area contributed by atoms with Crippen LogP contribution in [0, 0.1) is 12.7 Å². The molecule has 0 saturated heterocycles. The molecule has 15 heteroatoms. The molecule has 0 saturated carbocycles. The van der Waals surface area contributed by atoms with Gasteiger partial charge in [0.05, 0.1) is 46.4 Å². The zero-order valence-corrected chi connectivity index (χ0v) is 29.2. The average Bonchev–Trinajstić information content (AvgIpc) is 3.44. The molecule has 2 amide bonds. The average molecular weight is 767 g/mol. The Balaban J connectivity index is 0.00000133. The van der Waals surface area contributed by atoms with Gasteiger partial charge < -0.3 is 19.5 Å². The quantitative estimate of drug-likeness (QED) is 0.106. The molecule has 0 radical (unpaired) electrons. The first-order chi connectivity index (χ1) is 21.7. The van der Waals surface area contributed by atoms with E-state index in [2.05, 4.69) is 40.4 Å². The predicted octanol–water partition coefficient (Wildman–Crippen LogP) is 8.02. The molecular weight excluding hydrogens is 734 g/mol. The van der Waals surface area contributed by atoms with Gasteiger partial charge >= 0.3 is 6.09 Å². The second-order valence-electron chi connectivity index (χ2n) is 9.13. The number of hydrogen-bond donors (Lipinski definition) is 3. The summed E-state index contributed by atoms with van der Waals surface area (Å²) in [6.45, 7) is 8.85. The van der Waals surface area contributed by atoms with Gasteiger partial charge in [0, 0.05) is 24.6 Å². The summed E-state index contributed by atoms with van der Waals surface area (Å²) in [4.78, 5) is 40.9. The van der Waals surface area contributed by atoms with E-state index >= 15 is 0 Å². The Labute approximate surface area is 281 Å². The SMILES string of the molecule is CC.COc1cnc2c(-c3nc4cc(F)c(OC(C)COC(=O)Nc5ccc(NC(C)=O)nc5)cc4s3)cc(C)cc2n1.SI. The molecule has 45 heavy (non-hydrogen) atoms. The van der Waals surface area contributed by atoms with Crippen molar-refractivity contribution in [1.29, 1.82) is 0 Å². The maximum atomic E-state index is 14.9. The lowest BCUT2D eigenvalue weighted by Gasteiger charge is -2.15. The number of carbonyl (C=O) groups is 2. The highest BCUT2D eigenvalue weighted by atomic mass is 127. The third-order valence-corrected chi connectivity index (χ3v) is 6.79. The third-order valence-electron chi connectivity index (χ3n) is 5.74. The van der Waals surface area contributed by atoms with Crippen LogP contribution in [0.2, 0.25) is 0 Å². The highest BCUT2D eigenvalue weighted by molar-refractivity contribution is 14.2. The maximum absolute atomic E-state index is 14.9. The first-order valence-electron chi connectivity index (χ1n) is 13.6. The fourth-order valence-electron chi connectivity index (χ4n) is 3.96. The van der Waals surface area contributed by atoms with Gasteiger partial charge in [0.15, 0.2) is 11.6 Å². The number of anilines is 2. The van der Waals surface area contributed by atoms with E-state index in [1.54, 1.807) is 31.3 Å². The van der Waals surface area contributed by atoms with Crippen LogP contribution in [-0.4, -0.2) is 51.8 Å². The second-order valence-corrected chi connectivity index (χ2v) is 10.2. The van der Waals surface area contributed by atoms with E-state index in [0.29, 0.717) is 43.6 Å². The number of thiazole rings is 1. The fraction of sp³-hybridized carbons (Fsp3) is 0.267. The Morgan fingerprint density at radius 3 is 2.47 bits per heavy atom. The number of thiol groups is 1. The molecule has 0 aliphatic carbocycles. The Bertz CT molecular complexity index is 1770. The Morgan fingerprint density at radius 2 is 1.80 bits per heavy atom. The van der Waals surface area contributed by atoms with Crippen molar-refractivity contribution in [2.75, 3.05) is 24.4 Å². The molecule has 3 aromatic heterocycles. The Hall–Kier alpha value is -3.83. The first-order valence-corrected chi connectivity index (χ1v) is 17.7. The van der Waals surface area contributed by atoms with Crippen molar-refractivity contribution in [3.63, 3.8) is 0 Å². The van der Waals surface area contributed by atoms with E-state index in [0.717, 1.165) is 11.1 Å². The third kappa shape index (κ3) is 9.58. The van der Waals surface area contributed by atoms with Crippen molar-refractivity contribution in [3.8, 4) is 22.2 Å². The highest BCUT2D eigenvalue weighted by Crippen LogP contribution is 2.37. The molecular formula is C30H32FIN6O5S2. The van der Waals surface area contributed by atoms with Crippen LogP contribution in [0.3, 0.4) is 0 Å². The summed E-state index contributed by atoms with van der Waals surface area (Å²) in [6.07, 6.45) is 1.54. The zero-order valence-electron chi connectivity index (χ0n) is 25.3. The van der Waals surface area contributed by atoms with Crippen LogP contribution < -0.4 is 20.1 Å². The standard InChI is InChI=1S/C28H25FN6O5S.C2H6.HIS/c1-14-7-18(26-21(8-14)34-25(38-4)12-31-26)27-35-20-9-19(29)22(10-23(20)41-27)40-15(2)13-39-28(37)33-17-5-6-24(30-11-17)32-16(3)36;2*1-2/h5-12,15H,13H2,1-4H3,(H,33,37)(H,30,32,36);1-2H3;2H. The minimum absolute atomic E-state index is 0.0144. The second kappa shape index (κ2) is 17.0. The summed E-state index contributed by atoms with van der Waals surface area (Å²) in [5, 5.41) is 5.73. The van der Waals surface area contributed by atoms with Crippen molar-refractivity contribution >= 4 is 87.1 Å². The van der Waals surface area contributed by atoms with E-state index in [1.807, 2.05) is 54.1 Å². The van der Waals surface area contributed by atoms with Crippen molar-refractivity contribution in [1.82, 2.24) is 19.9 Å². The lowest BCUT2D eigenvalue weighted by Crippen LogP contribution is -2.24. The number of aryl methyl sites for hydroxylation is 1. The van der Waals surface area contributed by atoms with Crippen LogP contribution >= 0.6 is 42.3 Å². The Kier molecular flexibility index (Phi) is 13.5. The summed E-state index contributed by atoms with van der Waals surface area (Å²) < 4.78 is 31.8. The molecule has 1 unspecified atom stereocenters. The Morgan fingerprint density at radius 1 is 1.04 bits per heavy atom. The van der Waals surface area contributed by atoms with Gasteiger partial charge in [0.2, 0.25) is 11.8 Å². The molecule has 0 aliphatic heterocycles. The minimum atomic E-state index is -0.733. The number of aromatic nitrogens is 4. The van der Waals surface area contributed by atoms with Gasteiger partial charge in [-0.3, -0.25) is 10.1 Å². The molecule has 1 atom stereocenters. The number of benzene rings is 2. The van der Waals surface area contributed by atoms with Gasteiger partial charge in [-0.15, -0.1) is 21.1 Å². The molecule has 0 fully saturated rings. The molecule has 11 nitrogen and oxygen atoms in total. The van der Waals surface area contributed by atoms with Gasteiger partial charge in [-0.25, -0.2) is 29.1 Å². The number of amides is 2. The van der Waals surface area contributed by atoms with E-state index in [4.69, 9.17) is 14.2 Å². The fourth-order valence-corrected chi connectivity index (χ4v) is 4.96. The molecule has 3 heterocycles. The number of nitrogens with one attached hydrogen (secondary N) is 2. The van der Waals surface area contributed by atoms with Gasteiger partial charge in [0.25, 0.3) is 0 Å². The monoisotopic (exact) mass is 766 g/mol. The number of carbonyl (C=O) groups excluding carboxylic acids is 2. The molecule has 5 aromatic rings. The van der Waals surface area contributed by atoms with E-state index < -0.39 is 18.0 Å². The number of halogens is 2. The topological polar surface area (TPSA) is 137 Å².